The van der Waals surface area contributed by atoms with Crippen LogP contribution in [0, 0.1) is 5.92 Å². The lowest BCUT2D eigenvalue weighted by Gasteiger charge is -2.29. The predicted molar refractivity (Wildman–Crippen MR) is 132 cm³/mol. The molecule has 3 rings (SSSR count). The Morgan fingerprint density at radius 1 is 1.23 bits per heavy atom. The Morgan fingerprint density at radius 2 is 2.00 bits per heavy atom. The molecule has 10 heteroatoms. The van der Waals surface area contributed by atoms with Crippen molar-refractivity contribution >= 4 is 24.8 Å². The van der Waals surface area contributed by atoms with E-state index in [2.05, 4.69) is 20.6 Å². The summed E-state index contributed by atoms with van der Waals surface area (Å²) in [6.45, 7) is 6.47. The monoisotopic (exact) mass is 480 g/mol. The fraction of sp³-hybridized carbons (Fsp3) is 0.480. The first-order chi connectivity index (χ1) is 16.8. The molecule has 0 bridgehead atoms. The molecule has 186 valence electrons. The number of carbonyl (C=O) groups excluding carboxylic acids is 3. The molecule has 0 saturated carbocycles. The maximum Gasteiger partial charge on any atom is 0.531 e. The van der Waals surface area contributed by atoms with Crippen LogP contribution in [0.15, 0.2) is 48.9 Å². The molecule has 0 spiro atoms. The molecule has 2 heterocycles. The first-order valence-electron chi connectivity index (χ1n) is 12.0. The van der Waals surface area contributed by atoms with Crippen molar-refractivity contribution in [3.63, 3.8) is 0 Å². The summed E-state index contributed by atoms with van der Waals surface area (Å²) in [5.74, 6) is -1.15. The van der Waals surface area contributed by atoms with Crippen molar-refractivity contribution in [1.82, 2.24) is 20.6 Å². The number of carbonyl (C=O) groups is 3. The van der Waals surface area contributed by atoms with E-state index in [0.29, 0.717) is 19.4 Å². The Labute approximate surface area is 206 Å². The molecule has 1 fully saturated rings. The van der Waals surface area contributed by atoms with Gasteiger partial charge in [0.2, 0.25) is 0 Å². The number of Topliss-reactive ketones (excluding diaryl/α,β-unsaturated/α-hetero) is 1. The molecule has 2 N–H and O–H groups in total. The van der Waals surface area contributed by atoms with Crippen LogP contribution in [0.4, 0.5) is 0 Å². The number of benzene rings is 1. The van der Waals surface area contributed by atoms with Crippen LogP contribution in [0.1, 0.15) is 49.7 Å². The van der Waals surface area contributed by atoms with Crippen LogP contribution in [0.2, 0.25) is 5.82 Å². The number of hydrogen-bond donors (Lipinski definition) is 2. The maximum atomic E-state index is 13.6. The van der Waals surface area contributed by atoms with E-state index in [-0.39, 0.29) is 42.2 Å². The SMILES string of the molecule is CC(C)C[C@H](CC(=O)[C@H](Cc1ccccc1)NC(=O)c1cnccn1)B1OC[C@@H](C)NCC(=O)O1. The average Bonchev–Trinajstić information content (AvgIpc) is 2.84. The highest BCUT2D eigenvalue weighted by Gasteiger charge is 2.38. The summed E-state index contributed by atoms with van der Waals surface area (Å²) < 4.78 is 11.5. The van der Waals surface area contributed by atoms with Gasteiger partial charge in [-0.15, -0.1) is 0 Å². The van der Waals surface area contributed by atoms with Crippen LogP contribution in [-0.2, 0) is 25.3 Å². The van der Waals surface area contributed by atoms with Crippen molar-refractivity contribution in [3.05, 3.63) is 60.2 Å². The molecule has 1 aliphatic rings. The Morgan fingerprint density at radius 3 is 2.69 bits per heavy atom. The summed E-state index contributed by atoms with van der Waals surface area (Å²) in [6.07, 6.45) is 5.31. The number of hydrogen-bond acceptors (Lipinski definition) is 8. The molecule has 0 radical (unpaired) electrons. The van der Waals surface area contributed by atoms with Crippen molar-refractivity contribution in [1.29, 1.82) is 0 Å². The van der Waals surface area contributed by atoms with Gasteiger partial charge in [-0.25, -0.2) is 4.98 Å². The van der Waals surface area contributed by atoms with E-state index in [9.17, 15) is 14.4 Å². The molecule has 0 unspecified atom stereocenters. The number of ketones is 1. The van der Waals surface area contributed by atoms with Gasteiger partial charge in [0.15, 0.2) is 5.78 Å². The third-order valence-electron chi connectivity index (χ3n) is 5.75. The smallest absolute Gasteiger partial charge is 0.508 e. The predicted octanol–water partition coefficient (Wildman–Crippen LogP) is 2.23. The van der Waals surface area contributed by atoms with Gasteiger partial charge in [-0.3, -0.25) is 19.4 Å². The van der Waals surface area contributed by atoms with E-state index in [4.69, 9.17) is 9.31 Å². The second kappa shape index (κ2) is 13.1. The third kappa shape index (κ3) is 8.56. The van der Waals surface area contributed by atoms with Crippen LogP contribution in [0.3, 0.4) is 0 Å². The average molecular weight is 480 g/mol. The Kier molecular flexibility index (Phi) is 9.92. The molecule has 1 aromatic carbocycles. The summed E-state index contributed by atoms with van der Waals surface area (Å²) in [5.41, 5.74) is 1.05. The van der Waals surface area contributed by atoms with Gasteiger partial charge in [-0.1, -0.05) is 44.2 Å². The number of nitrogens with one attached hydrogen (secondary N) is 2. The minimum Gasteiger partial charge on any atom is -0.508 e. The molecule has 1 saturated heterocycles. The molecule has 3 atom stereocenters. The second-order valence-corrected chi connectivity index (χ2v) is 9.34. The number of aromatic nitrogens is 2. The van der Waals surface area contributed by atoms with Crippen molar-refractivity contribution in [2.24, 2.45) is 5.92 Å². The van der Waals surface area contributed by atoms with E-state index in [1.54, 1.807) is 0 Å². The van der Waals surface area contributed by atoms with Gasteiger partial charge in [0.1, 0.15) is 5.69 Å². The molecule has 1 amide bonds. The molecular weight excluding hydrogens is 447 g/mol. The summed E-state index contributed by atoms with van der Waals surface area (Å²) in [5, 5.41) is 5.86. The first-order valence-corrected chi connectivity index (χ1v) is 12.0. The van der Waals surface area contributed by atoms with Gasteiger partial charge in [0, 0.05) is 37.3 Å². The highest BCUT2D eigenvalue weighted by molar-refractivity contribution is 6.49. The van der Waals surface area contributed by atoms with Gasteiger partial charge < -0.3 is 19.9 Å². The van der Waals surface area contributed by atoms with Crippen LogP contribution >= 0.6 is 0 Å². The minimum atomic E-state index is -0.827. The van der Waals surface area contributed by atoms with Crippen molar-refractivity contribution in [2.75, 3.05) is 13.2 Å². The Balaban J connectivity index is 1.79. The molecule has 0 aliphatic carbocycles. The van der Waals surface area contributed by atoms with Crippen LogP contribution in [0.5, 0.6) is 0 Å². The van der Waals surface area contributed by atoms with Gasteiger partial charge in [-0.2, -0.15) is 0 Å². The van der Waals surface area contributed by atoms with Gasteiger partial charge in [0.25, 0.3) is 5.91 Å². The molecule has 35 heavy (non-hydrogen) atoms. The highest BCUT2D eigenvalue weighted by Crippen LogP contribution is 2.28. The van der Waals surface area contributed by atoms with E-state index in [1.807, 2.05) is 51.1 Å². The number of rotatable bonds is 10. The summed E-state index contributed by atoms with van der Waals surface area (Å²) in [7, 11) is -0.827. The molecule has 9 nitrogen and oxygen atoms in total. The van der Waals surface area contributed by atoms with E-state index >= 15 is 0 Å². The largest absolute Gasteiger partial charge is 0.531 e. The second-order valence-electron chi connectivity index (χ2n) is 9.34. The molecular formula is C25H33BN4O5. The zero-order valence-corrected chi connectivity index (χ0v) is 20.5. The normalized spacial score (nSPS) is 18.2. The van der Waals surface area contributed by atoms with Crippen molar-refractivity contribution in [2.45, 2.75) is 57.9 Å². The summed E-state index contributed by atoms with van der Waals surface area (Å²) in [4.78, 5) is 46.6. The topological polar surface area (TPSA) is 120 Å². The Bertz CT molecular complexity index is 976. The lowest BCUT2D eigenvalue weighted by Crippen LogP contribution is -2.47. The van der Waals surface area contributed by atoms with Crippen LogP contribution < -0.4 is 10.6 Å². The number of nitrogens with zero attached hydrogens (tertiary/aromatic N) is 2. The van der Waals surface area contributed by atoms with E-state index in [1.165, 1.54) is 18.6 Å². The number of amides is 1. The zero-order chi connectivity index (χ0) is 25.2. The standard InChI is InChI=1S/C25H33BN4O5/c1-17(2)11-20(26-34-16-18(3)29-15-24(32)35-26)13-23(31)21(12-19-7-5-4-6-8-19)30-25(33)22-14-27-9-10-28-22/h4-10,14,17-18,20-21,29H,11-13,15-16H2,1-3H3,(H,30,33)/t18-,20-,21+/m1/s1. The summed E-state index contributed by atoms with van der Waals surface area (Å²) >= 11 is 0. The van der Waals surface area contributed by atoms with E-state index < -0.39 is 25.0 Å². The lowest BCUT2D eigenvalue weighted by molar-refractivity contribution is -0.136. The zero-order valence-electron chi connectivity index (χ0n) is 20.5. The van der Waals surface area contributed by atoms with E-state index in [0.717, 1.165) is 5.56 Å². The fourth-order valence-corrected chi connectivity index (χ4v) is 4.03. The maximum absolute atomic E-state index is 13.6. The minimum absolute atomic E-state index is 0.0159. The lowest BCUT2D eigenvalue weighted by atomic mass is 9.64. The highest BCUT2D eigenvalue weighted by atomic mass is 16.6. The fourth-order valence-electron chi connectivity index (χ4n) is 4.03. The van der Waals surface area contributed by atoms with Gasteiger partial charge >= 0.3 is 13.1 Å². The quantitative estimate of drug-likeness (QED) is 0.497. The van der Waals surface area contributed by atoms with Crippen molar-refractivity contribution in [3.8, 4) is 0 Å². The van der Waals surface area contributed by atoms with Gasteiger partial charge in [-0.05, 0) is 31.2 Å². The third-order valence-corrected chi connectivity index (χ3v) is 5.75. The molecule has 1 aliphatic heterocycles. The Hall–Kier alpha value is -3.11. The molecule has 1 aromatic heterocycles. The van der Waals surface area contributed by atoms with Crippen LogP contribution in [0.25, 0.3) is 0 Å². The van der Waals surface area contributed by atoms with Crippen molar-refractivity contribution < 1.29 is 23.7 Å². The molecule has 2 aromatic rings. The van der Waals surface area contributed by atoms with Crippen LogP contribution in [-0.4, -0.2) is 60.0 Å². The van der Waals surface area contributed by atoms with Gasteiger partial charge in [0.05, 0.1) is 18.8 Å². The first kappa shape index (κ1) is 26.5. The summed E-state index contributed by atoms with van der Waals surface area (Å²) in [6, 6.07) is 8.69.